The van der Waals surface area contributed by atoms with Crippen molar-refractivity contribution in [2.45, 2.75) is 38.8 Å². The second kappa shape index (κ2) is 6.48. The normalized spacial score (nSPS) is 19.8. The maximum absolute atomic E-state index is 13.0. The minimum absolute atomic E-state index is 0.0595. The molecule has 1 aromatic carbocycles. The lowest BCUT2D eigenvalue weighted by Gasteiger charge is -2.30. The number of carbonyl (C=O) groups is 2. The van der Waals surface area contributed by atoms with E-state index in [-0.39, 0.29) is 30.3 Å². The SMILES string of the molecule is Cc1ncc2c(n1)CCC(N1C(=O)CN(Cc3ccc(F)cc3)C1=O)C2. The van der Waals surface area contributed by atoms with Crippen LogP contribution >= 0.6 is 0 Å². The number of carbonyl (C=O) groups excluding carboxylic acids is 2. The van der Waals surface area contributed by atoms with Gasteiger partial charge in [-0.15, -0.1) is 0 Å². The number of imide groups is 1. The van der Waals surface area contributed by atoms with Gasteiger partial charge in [-0.1, -0.05) is 12.1 Å². The first kappa shape index (κ1) is 16.6. The van der Waals surface area contributed by atoms with E-state index >= 15 is 0 Å². The summed E-state index contributed by atoms with van der Waals surface area (Å²) in [7, 11) is 0. The largest absolute Gasteiger partial charge is 0.327 e. The van der Waals surface area contributed by atoms with Crippen LogP contribution in [0.4, 0.5) is 9.18 Å². The fraction of sp³-hybridized carbons (Fsp3) is 0.368. The van der Waals surface area contributed by atoms with Gasteiger partial charge in [0.2, 0.25) is 0 Å². The summed E-state index contributed by atoms with van der Waals surface area (Å²) in [5.41, 5.74) is 2.81. The van der Waals surface area contributed by atoms with E-state index in [2.05, 4.69) is 9.97 Å². The molecule has 1 aliphatic carbocycles. The van der Waals surface area contributed by atoms with Crippen LogP contribution in [0.15, 0.2) is 30.5 Å². The highest BCUT2D eigenvalue weighted by Crippen LogP contribution is 2.27. The lowest BCUT2D eigenvalue weighted by atomic mass is 9.92. The van der Waals surface area contributed by atoms with Crippen LogP contribution < -0.4 is 0 Å². The van der Waals surface area contributed by atoms with Crippen molar-refractivity contribution in [3.63, 3.8) is 0 Å². The Balaban J connectivity index is 1.49. The molecule has 26 heavy (non-hydrogen) atoms. The predicted octanol–water partition coefficient (Wildman–Crippen LogP) is 2.25. The van der Waals surface area contributed by atoms with Gasteiger partial charge in [0.15, 0.2) is 0 Å². The first-order chi connectivity index (χ1) is 12.5. The van der Waals surface area contributed by atoms with E-state index in [9.17, 15) is 14.0 Å². The van der Waals surface area contributed by atoms with Crippen molar-refractivity contribution in [2.75, 3.05) is 6.54 Å². The third-order valence-corrected chi connectivity index (χ3v) is 4.97. The molecular formula is C19H19FN4O2. The van der Waals surface area contributed by atoms with E-state index in [0.717, 1.165) is 29.1 Å². The molecular weight excluding hydrogens is 335 g/mol. The first-order valence-electron chi connectivity index (χ1n) is 8.68. The Kier molecular flexibility index (Phi) is 4.14. The van der Waals surface area contributed by atoms with Crippen LogP contribution in [-0.2, 0) is 24.2 Å². The molecule has 4 rings (SSSR count). The van der Waals surface area contributed by atoms with Crippen molar-refractivity contribution in [3.8, 4) is 0 Å². The Hall–Kier alpha value is -2.83. The standard InChI is InChI=1S/C19H19FN4O2/c1-12-21-9-14-8-16(6-7-17(14)22-12)24-18(25)11-23(19(24)26)10-13-2-4-15(20)5-3-13/h2-5,9,16H,6-8,10-11H2,1H3. The van der Waals surface area contributed by atoms with Crippen molar-refractivity contribution in [1.29, 1.82) is 0 Å². The molecule has 0 radical (unpaired) electrons. The zero-order valence-electron chi connectivity index (χ0n) is 14.5. The number of hydrogen-bond acceptors (Lipinski definition) is 4. The number of aryl methyl sites for hydroxylation is 2. The second-order valence-electron chi connectivity index (χ2n) is 6.81. The third-order valence-electron chi connectivity index (χ3n) is 4.97. The summed E-state index contributed by atoms with van der Waals surface area (Å²) in [4.78, 5) is 36.8. The summed E-state index contributed by atoms with van der Waals surface area (Å²) in [6, 6.07) is 5.54. The predicted molar refractivity (Wildman–Crippen MR) is 91.6 cm³/mol. The van der Waals surface area contributed by atoms with E-state index in [1.165, 1.54) is 21.9 Å². The monoisotopic (exact) mass is 354 g/mol. The molecule has 1 atom stereocenters. The zero-order valence-corrected chi connectivity index (χ0v) is 14.5. The molecule has 134 valence electrons. The Morgan fingerprint density at radius 2 is 2.00 bits per heavy atom. The maximum Gasteiger partial charge on any atom is 0.327 e. The minimum Gasteiger partial charge on any atom is -0.311 e. The highest BCUT2D eigenvalue weighted by atomic mass is 19.1. The summed E-state index contributed by atoms with van der Waals surface area (Å²) in [6.45, 7) is 2.21. The van der Waals surface area contributed by atoms with Crippen LogP contribution in [0.2, 0.25) is 0 Å². The van der Waals surface area contributed by atoms with Gasteiger partial charge in [-0.2, -0.15) is 0 Å². The average molecular weight is 354 g/mol. The molecule has 0 bridgehead atoms. The molecule has 1 aliphatic heterocycles. The van der Waals surface area contributed by atoms with Gasteiger partial charge in [-0.05, 0) is 49.4 Å². The van der Waals surface area contributed by atoms with E-state index in [1.807, 2.05) is 6.92 Å². The van der Waals surface area contributed by atoms with Crippen LogP contribution in [0, 0.1) is 12.7 Å². The number of rotatable bonds is 3. The summed E-state index contributed by atoms with van der Waals surface area (Å²) < 4.78 is 13.0. The smallest absolute Gasteiger partial charge is 0.311 e. The van der Waals surface area contributed by atoms with Gasteiger partial charge in [-0.25, -0.2) is 19.2 Å². The number of hydrogen-bond donors (Lipinski definition) is 0. The van der Waals surface area contributed by atoms with Crippen LogP contribution in [0.25, 0.3) is 0 Å². The molecule has 1 unspecified atom stereocenters. The topological polar surface area (TPSA) is 66.4 Å². The fourth-order valence-corrected chi connectivity index (χ4v) is 3.67. The lowest BCUT2D eigenvalue weighted by Crippen LogP contribution is -2.44. The first-order valence-corrected chi connectivity index (χ1v) is 8.68. The van der Waals surface area contributed by atoms with Gasteiger partial charge in [0.05, 0.1) is 0 Å². The van der Waals surface area contributed by atoms with Gasteiger partial charge in [0.1, 0.15) is 18.2 Å². The van der Waals surface area contributed by atoms with E-state index < -0.39 is 0 Å². The molecule has 1 aromatic heterocycles. The molecule has 7 heteroatoms. The molecule has 2 aromatic rings. The van der Waals surface area contributed by atoms with Crippen molar-refractivity contribution in [3.05, 3.63) is 58.9 Å². The van der Waals surface area contributed by atoms with Crippen molar-refractivity contribution in [2.24, 2.45) is 0 Å². The summed E-state index contributed by atoms with van der Waals surface area (Å²) in [5.74, 6) is 0.233. The molecule has 6 nitrogen and oxygen atoms in total. The van der Waals surface area contributed by atoms with Crippen molar-refractivity contribution >= 4 is 11.9 Å². The number of nitrogens with zero attached hydrogens (tertiary/aromatic N) is 4. The molecule has 0 saturated carbocycles. The number of fused-ring (bicyclic) bond motifs is 1. The number of urea groups is 1. The molecule has 1 fully saturated rings. The van der Waals surface area contributed by atoms with Crippen LogP contribution in [-0.4, -0.2) is 44.3 Å². The van der Waals surface area contributed by atoms with Crippen molar-refractivity contribution in [1.82, 2.24) is 19.8 Å². The Morgan fingerprint density at radius 1 is 1.23 bits per heavy atom. The highest BCUT2D eigenvalue weighted by Gasteiger charge is 2.41. The molecule has 0 N–H and O–H groups in total. The highest BCUT2D eigenvalue weighted by molar-refractivity contribution is 6.02. The van der Waals surface area contributed by atoms with E-state index in [1.54, 1.807) is 18.3 Å². The Labute approximate surface area is 150 Å². The molecule has 1 saturated heterocycles. The van der Waals surface area contributed by atoms with Gasteiger partial charge in [0.25, 0.3) is 5.91 Å². The van der Waals surface area contributed by atoms with E-state index in [0.29, 0.717) is 19.4 Å². The minimum atomic E-state index is -0.322. The lowest BCUT2D eigenvalue weighted by molar-refractivity contribution is -0.127. The summed E-state index contributed by atoms with van der Waals surface area (Å²) >= 11 is 0. The quantitative estimate of drug-likeness (QED) is 0.793. The number of halogens is 1. The Bertz CT molecular complexity index is 868. The summed E-state index contributed by atoms with van der Waals surface area (Å²) in [6.07, 6.45) is 3.84. The second-order valence-corrected chi connectivity index (χ2v) is 6.81. The zero-order chi connectivity index (χ0) is 18.3. The molecule has 3 amide bonds. The number of benzene rings is 1. The summed E-state index contributed by atoms with van der Waals surface area (Å²) in [5, 5.41) is 0. The van der Waals surface area contributed by atoms with Crippen LogP contribution in [0.1, 0.15) is 29.1 Å². The third kappa shape index (κ3) is 3.05. The fourth-order valence-electron chi connectivity index (χ4n) is 3.67. The number of amides is 3. The molecule has 2 heterocycles. The van der Waals surface area contributed by atoms with Gasteiger partial charge in [-0.3, -0.25) is 9.69 Å². The molecule has 0 spiro atoms. The maximum atomic E-state index is 13.0. The van der Waals surface area contributed by atoms with Crippen molar-refractivity contribution < 1.29 is 14.0 Å². The van der Waals surface area contributed by atoms with E-state index in [4.69, 9.17) is 0 Å². The van der Waals surface area contributed by atoms with Gasteiger partial charge in [0, 0.05) is 24.5 Å². The van der Waals surface area contributed by atoms with Crippen LogP contribution in [0.3, 0.4) is 0 Å². The number of aromatic nitrogens is 2. The Morgan fingerprint density at radius 3 is 2.77 bits per heavy atom. The van der Waals surface area contributed by atoms with Gasteiger partial charge < -0.3 is 4.90 Å². The molecule has 2 aliphatic rings. The van der Waals surface area contributed by atoms with Gasteiger partial charge >= 0.3 is 6.03 Å². The average Bonchev–Trinajstić information content (AvgIpc) is 2.90. The van der Waals surface area contributed by atoms with Crippen LogP contribution in [0.5, 0.6) is 0 Å².